The summed E-state index contributed by atoms with van der Waals surface area (Å²) in [5, 5.41) is 5.89. The Morgan fingerprint density at radius 1 is 0.972 bits per heavy atom. The number of ether oxygens (including phenoxy) is 1. The van der Waals surface area contributed by atoms with E-state index in [2.05, 4.69) is 105 Å². The highest BCUT2D eigenvalue weighted by molar-refractivity contribution is 14.1. The van der Waals surface area contributed by atoms with Gasteiger partial charge in [0.15, 0.2) is 5.17 Å². The zero-order valence-electron chi connectivity index (χ0n) is 19.6. The van der Waals surface area contributed by atoms with Gasteiger partial charge < -0.3 is 10.1 Å². The second kappa shape index (κ2) is 10.9. The Bertz CT molecular complexity index is 1530. The van der Waals surface area contributed by atoms with E-state index in [1.54, 1.807) is 0 Å². The number of nitrogens with one attached hydrogen (secondary N) is 1. The average Bonchev–Trinajstić information content (AvgIpc) is 3.18. The van der Waals surface area contributed by atoms with Gasteiger partial charge in [-0.15, -0.1) is 0 Å². The molecule has 1 aliphatic rings. The van der Waals surface area contributed by atoms with Crippen molar-refractivity contribution >= 4 is 90.6 Å². The lowest BCUT2D eigenvalue weighted by Crippen LogP contribution is -2.19. The number of rotatable bonds is 5. The SMILES string of the molecule is Cc1ccc(N=C2NC(=O)/C(=C\c3cc(I)c(OCc4cccc5ccccc45)c(I)c3)S2)c(C)c1. The van der Waals surface area contributed by atoms with E-state index in [1.165, 1.54) is 28.1 Å². The maximum absolute atomic E-state index is 12.6. The van der Waals surface area contributed by atoms with E-state index >= 15 is 0 Å². The standard InChI is InChI=1S/C29H22I2N2O2S/c1-17-10-11-25(18(2)12-17)32-29-33-28(34)26(36-29)15-19-13-23(30)27(24(31)14-19)35-16-21-8-5-7-20-6-3-4-9-22(20)21/h3-15H,16H2,1-2H3,(H,32,33,34)/b26-15+. The van der Waals surface area contributed by atoms with Crippen LogP contribution in [0, 0.1) is 21.0 Å². The van der Waals surface area contributed by atoms with Crippen molar-refractivity contribution in [2.45, 2.75) is 20.5 Å². The normalized spacial score (nSPS) is 15.6. The Kier molecular flexibility index (Phi) is 7.68. The summed E-state index contributed by atoms with van der Waals surface area (Å²) in [5.41, 5.74) is 5.24. The van der Waals surface area contributed by atoms with Crippen LogP contribution >= 0.6 is 56.9 Å². The van der Waals surface area contributed by atoms with Gasteiger partial charge in [0.1, 0.15) is 12.4 Å². The number of hydrogen-bond acceptors (Lipinski definition) is 4. The number of fused-ring (bicyclic) bond motifs is 1. The number of nitrogens with zero attached hydrogens (tertiary/aromatic N) is 1. The van der Waals surface area contributed by atoms with Gasteiger partial charge in [-0.2, -0.15) is 0 Å². The molecule has 0 atom stereocenters. The van der Waals surface area contributed by atoms with Crippen LogP contribution in [0.4, 0.5) is 5.69 Å². The Morgan fingerprint density at radius 3 is 2.50 bits per heavy atom. The minimum absolute atomic E-state index is 0.134. The number of carbonyl (C=O) groups excluding carboxylic acids is 1. The summed E-state index contributed by atoms with van der Waals surface area (Å²) in [6, 6.07) is 24.8. The number of amidine groups is 1. The van der Waals surface area contributed by atoms with Crippen molar-refractivity contribution in [2.24, 2.45) is 4.99 Å². The van der Waals surface area contributed by atoms with Gasteiger partial charge in [0.2, 0.25) is 0 Å². The third-order valence-corrected chi connectivity index (χ3v) is 8.31. The second-order valence-electron chi connectivity index (χ2n) is 8.51. The zero-order chi connectivity index (χ0) is 25.2. The summed E-state index contributed by atoms with van der Waals surface area (Å²) in [5.74, 6) is 0.719. The highest BCUT2D eigenvalue weighted by atomic mass is 127. The molecule has 4 aromatic carbocycles. The minimum Gasteiger partial charge on any atom is -0.487 e. The van der Waals surface area contributed by atoms with Gasteiger partial charge >= 0.3 is 0 Å². The van der Waals surface area contributed by atoms with Gasteiger partial charge in [-0.05, 0) is 123 Å². The molecule has 180 valence electrons. The summed E-state index contributed by atoms with van der Waals surface area (Å²) in [4.78, 5) is 17.9. The van der Waals surface area contributed by atoms with E-state index < -0.39 is 0 Å². The first-order valence-electron chi connectivity index (χ1n) is 11.3. The van der Waals surface area contributed by atoms with Gasteiger partial charge in [0.05, 0.1) is 17.7 Å². The molecule has 1 N–H and O–H groups in total. The van der Waals surface area contributed by atoms with E-state index in [0.29, 0.717) is 16.7 Å². The molecule has 0 radical (unpaired) electrons. The largest absolute Gasteiger partial charge is 0.487 e. The predicted octanol–water partition coefficient (Wildman–Crippen LogP) is 8.14. The Balaban J connectivity index is 1.34. The highest BCUT2D eigenvalue weighted by Crippen LogP contribution is 2.34. The summed E-state index contributed by atoms with van der Waals surface area (Å²) < 4.78 is 8.27. The molecule has 4 aromatic rings. The molecule has 0 bridgehead atoms. The first-order valence-corrected chi connectivity index (χ1v) is 14.3. The smallest absolute Gasteiger partial charge is 0.264 e. The van der Waals surface area contributed by atoms with E-state index in [9.17, 15) is 4.79 Å². The number of thioether (sulfide) groups is 1. The molecule has 0 saturated carbocycles. The third-order valence-electron chi connectivity index (χ3n) is 5.80. The van der Waals surface area contributed by atoms with Gasteiger partial charge in [0, 0.05) is 0 Å². The van der Waals surface area contributed by atoms with E-state index in [-0.39, 0.29) is 5.91 Å². The maximum atomic E-state index is 12.6. The highest BCUT2D eigenvalue weighted by Gasteiger charge is 2.24. The number of carbonyl (C=O) groups is 1. The molecule has 1 heterocycles. The monoisotopic (exact) mass is 716 g/mol. The van der Waals surface area contributed by atoms with Gasteiger partial charge in [-0.3, -0.25) is 4.79 Å². The van der Waals surface area contributed by atoms with Gasteiger partial charge in [0.25, 0.3) is 5.91 Å². The quantitative estimate of drug-likeness (QED) is 0.168. The molecule has 4 nitrogen and oxygen atoms in total. The average molecular weight is 716 g/mol. The molecule has 1 fully saturated rings. The van der Waals surface area contributed by atoms with Crippen LogP contribution in [0.3, 0.4) is 0 Å². The topological polar surface area (TPSA) is 50.7 Å². The van der Waals surface area contributed by atoms with Gasteiger partial charge in [-0.1, -0.05) is 60.2 Å². The molecule has 36 heavy (non-hydrogen) atoms. The lowest BCUT2D eigenvalue weighted by atomic mass is 10.1. The summed E-state index contributed by atoms with van der Waals surface area (Å²) in [6.07, 6.45) is 1.91. The molecule has 0 spiro atoms. The third kappa shape index (κ3) is 5.63. The molecule has 1 aliphatic heterocycles. The number of hydrogen-bond donors (Lipinski definition) is 1. The molecule has 0 aromatic heterocycles. The molecule has 0 unspecified atom stereocenters. The van der Waals surface area contributed by atoms with Crippen LogP contribution in [0.1, 0.15) is 22.3 Å². The molecule has 1 saturated heterocycles. The summed E-state index contributed by atoms with van der Waals surface area (Å²) in [7, 11) is 0. The van der Waals surface area contributed by atoms with Crippen molar-refractivity contribution in [3.63, 3.8) is 0 Å². The summed E-state index contributed by atoms with van der Waals surface area (Å²) in [6.45, 7) is 4.57. The van der Waals surface area contributed by atoms with Crippen LogP contribution in [0.5, 0.6) is 5.75 Å². The maximum Gasteiger partial charge on any atom is 0.264 e. The van der Waals surface area contributed by atoms with Crippen LogP contribution in [-0.2, 0) is 11.4 Å². The zero-order valence-corrected chi connectivity index (χ0v) is 24.8. The minimum atomic E-state index is -0.134. The van der Waals surface area contributed by atoms with Crippen molar-refractivity contribution < 1.29 is 9.53 Å². The number of benzene rings is 4. The lowest BCUT2D eigenvalue weighted by molar-refractivity contribution is -0.115. The van der Waals surface area contributed by atoms with Crippen LogP contribution < -0.4 is 10.1 Å². The molecular formula is C29H22I2N2O2S. The fraction of sp³-hybridized carbons (Fsp3) is 0.103. The van der Waals surface area contributed by atoms with Gasteiger partial charge in [-0.25, -0.2) is 4.99 Å². The van der Waals surface area contributed by atoms with Crippen molar-refractivity contribution in [3.05, 3.63) is 107 Å². The Morgan fingerprint density at radius 2 is 1.72 bits per heavy atom. The predicted molar refractivity (Wildman–Crippen MR) is 167 cm³/mol. The fourth-order valence-corrected chi connectivity index (χ4v) is 7.00. The van der Waals surface area contributed by atoms with Crippen molar-refractivity contribution in [1.29, 1.82) is 0 Å². The molecule has 0 aliphatic carbocycles. The lowest BCUT2D eigenvalue weighted by Gasteiger charge is -2.13. The van der Waals surface area contributed by atoms with Crippen LogP contribution in [-0.4, -0.2) is 11.1 Å². The van der Waals surface area contributed by atoms with Crippen LogP contribution in [0.25, 0.3) is 16.8 Å². The van der Waals surface area contributed by atoms with E-state index in [4.69, 9.17) is 4.74 Å². The van der Waals surface area contributed by atoms with E-state index in [0.717, 1.165) is 35.3 Å². The Hall–Kier alpha value is -2.37. The number of halogens is 2. The number of aryl methyl sites for hydroxylation is 2. The second-order valence-corrected chi connectivity index (χ2v) is 11.9. The summed E-state index contributed by atoms with van der Waals surface area (Å²) >= 11 is 5.96. The molecule has 5 rings (SSSR count). The van der Waals surface area contributed by atoms with Crippen LogP contribution in [0.2, 0.25) is 0 Å². The van der Waals surface area contributed by atoms with E-state index in [1.807, 2.05) is 43.3 Å². The number of amides is 1. The molecule has 7 heteroatoms. The van der Waals surface area contributed by atoms with Crippen molar-refractivity contribution in [2.75, 3.05) is 0 Å². The first kappa shape index (κ1) is 25.3. The van der Waals surface area contributed by atoms with Crippen molar-refractivity contribution in [3.8, 4) is 5.75 Å². The first-order chi connectivity index (χ1) is 17.4. The Labute approximate surface area is 241 Å². The number of aliphatic imine (C=N–C) groups is 1. The molecular weight excluding hydrogens is 694 g/mol. The fourth-order valence-electron chi connectivity index (χ4n) is 4.04. The van der Waals surface area contributed by atoms with Crippen LogP contribution in [0.15, 0.2) is 82.7 Å². The van der Waals surface area contributed by atoms with Crippen molar-refractivity contribution in [1.82, 2.24) is 5.32 Å². The molecule has 1 amide bonds.